The average molecular weight is 324 g/mol. The molecule has 3 heterocycles. The van der Waals surface area contributed by atoms with E-state index in [1.54, 1.807) is 18.5 Å². The van der Waals surface area contributed by atoms with Gasteiger partial charge in [-0.15, -0.1) is 0 Å². The topological polar surface area (TPSA) is 98.7 Å². The highest BCUT2D eigenvalue weighted by atomic mass is 35.5. The number of halogens is 1. The summed E-state index contributed by atoms with van der Waals surface area (Å²) in [5, 5.41) is 21.9. The van der Waals surface area contributed by atoms with E-state index < -0.39 is 24.4 Å². The van der Waals surface area contributed by atoms with Gasteiger partial charge in [0.2, 0.25) is 0 Å². The van der Waals surface area contributed by atoms with Gasteiger partial charge >= 0.3 is 0 Å². The van der Waals surface area contributed by atoms with Gasteiger partial charge in [-0.2, -0.15) is 0 Å². The van der Waals surface area contributed by atoms with Crippen molar-refractivity contribution in [2.24, 2.45) is 0 Å². The summed E-state index contributed by atoms with van der Waals surface area (Å²) in [4.78, 5) is 24.9. The van der Waals surface area contributed by atoms with Gasteiger partial charge in [0.05, 0.1) is 24.2 Å². The first-order valence-corrected chi connectivity index (χ1v) is 7.39. The highest BCUT2D eigenvalue weighted by Crippen LogP contribution is 2.36. The number of amides is 1. The Hall–Kier alpha value is -1.67. The van der Waals surface area contributed by atoms with E-state index in [1.165, 1.54) is 5.06 Å². The molecule has 0 spiro atoms. The minimum atomic E-state index is -0.954. The lowest BCUT2D eigenvalue weighted by Crippen LogP contribution is -2.51. The number of carbonyl (C=O) groups excluding carboxylic acids is 1. The number of hydroxylamine groups is 2. The molecule has 8 heteroatoms. The molecule has 0 radical (unpaired) electrons. The fourth-order valence-electron chi connectivity index (χ4n) is 3.21. The Balaban J connectivity index is 1.56. The third-order valence-electron chi connectivity index (χ3n) is 4.35. The van der Waals surface area contributed by atoms with Crippen LogP contribution in [0.5, 0.6) is 0 Å². The van der Waals surface area contributed by atoms with E-state index in [4.69, 9.17) is 16.4 Å². The standard InChI is InChI=1S/C14H14ClN3O4/c15-11-2-7-6(4-16-8(7)5-17-11)1-12(19)18-9-3-10(22-18)14(21)13(9)20/h2,4-5,9-10,13-14,16,20-21H,1,3H2/t9-,10+,13+,14-/m0/s1. The van der Waals surface area contributed by atoms with Crippen LogP contribution < -0.4 is 0 Å². The van der Waals surface area contributed by atoms with Crippen molar-refractivity contribution in [3.8, 4) is 0 Å². The molecule has 3 N–H and O–H groups in total. The van der Waals surface area contributed by atoms with Crippen molar-refractivity contribution in [2.75, 3.05) is 0 Å². The molecule has 4 atom stereocenters. The van der Waals surface area contributed by atoms with Crippen molar-refractivity contribution in [3.05, 3.63) is 29.2 Å². The Morgan fingerprint density at radius 3 is 3.05 bits per heavy atom. The van der Waals surface area contributed by atoms with Gasteiger partial charge in [0.1, 0.15) is 23.5 Å². The molecule has 1 aliphatic carbocycles. The Morgan fingerprint density at radius 1 is 1.50 bits per heavy atom. The minimum Gasteiger partial charge on any atom is -0.388 e. The first-order chi connectivity index (χ1) is 10.5. The Kier molecular flexibility index (Phi) is 3.12. The van der Waals surface area contributed by atoms with Crippen molar-refractivity contribution in [1.29, 1.82) is 0 Å². The molecule has 1 aliphatic heterocycles. The third kappa shape index (κ3) is 2.01. The molecule has 2 bridgehead atoms. The molecule has 2 aliphatic rings. The van der Waals surface area contributed by atoms with Crippen LogP contribution in [0.15, 0.2) is 18.5 Å². The number of hydrogen-bond acceptors (Lipinski definition) is 5. The molecule has 4 rings (SSSR count). The highest BCUT2D eigenvalue weighted by molar-refractivity contribution is 6.30. The predicted octanol–water partition coefficient (Wildman–Crippen LogP) is 0.395. The van der Waals surface area contributed by atoms with E-state index >= 15 is 0 Å². The number of carbonyl (C=O) groups is 1. The first-order valence-electron chi connectivity index (χ1n) is 7.01. The Bertz CT molecular complexity index is 747. The zero-order chi connectivity index (χ0) is 15.4. The van der Waals surface area contributed by atoms with Crippen LogP contribution in [0.2, 0.25) is 5.15 Å². The molecular formula is C14H14ClN3O4. The van der Waals surface area contributed by atoms with E-state index in [9.17, 15) is 15.0 Å². The van der Waals surface area contributed by atoms with E-state index in [0.29, 0.717) is 11.6 Å². The maximum absolute atomic E-state index is 12.4. The molecule has 0 aromatic carbocycles. The molecule has 2 aromatic rings. The van der Waals surface area contributed by atoms with Crippen LogP contribution in [0.25, 0.3) is 10.9 Å². The summed E-state index contributed by atoms with van der Waals surface area (Å²) in [6.07, 6.45) is 1.53. The molecule has 2 aromatic heterocycles. The summed E-state index contributed by atoms with van der Waals surface area (Å²) >= 11 is 5.89. The van der Waals surface area contributed by atoms with Gasteiger partial charge in [-0.05, 0) is 11.6 Å². The number of nitrogens with zero attached hydrogens (tertiary/aromatic N) is 2. The van der Waals surface area contributed by atoms with Crippen LogP contribution in [0, 0.1) is 0 Å². The molecule has 0 unspecified atom stereocenters. The summed E-state index contributed by atoms with van der Waals surface area (Å²) in [5.74, 6) is -0.257. The highest BCUT2D eigenvalue weighted by Gasteiger charge is 2.54. The van der Waals surface area contributed by atoms with Crippen LogP contribution >= 0.6 is 11.6 Å². The number of nitrogens with one attached hydrogen (secondary N) is 1. The molecule has 1 saturated heterocycles. The molecule has 7 nitrogen and oxygen atoms in total. The van der Waals surface area contributed by atoms with E-state index in [1.807, 2.05) is 0 Å². The smallest absolute Gasteiger partial charge is 0.250 e. The van der Waals surface area contributed by atoms with Crippen LogP contribution in [-0.2, 0) is 16.1 Å². The summed E-state index contributed by atoms with van der Waals surface area (Å²) in [7, 11) is 0. The zero-order valence-electron chi connectivity index (χ0n) is 11.4. The maximum Gasteiger partial charge on any atom is 0.250 e. The molecule has 1 saturated carbocycles. The molecule has 2 fully saturated rings. The molecule has 116 valence electrons. The summed E-state index contributed by atoms with van der Waals surface area (Å²) in [5.41, 5.74) is 1.58. The number of H-pyrrole nitrogens is 1. The van der Waals surface area contributed by atoms with Crippen molar-refractivity contribution < 1.29 is 19.8 Å². The lowest BCUT2D eigenvalue weighted by atomic mass is 10.1. The second-order valence-corrected chi connectivity index (χ2v) is 6.08. The number of rotatable bonds is 2. The summed E-state index contributed by atoms with van der Waals surface area (Å²) in [6, 6.07) is 1.22. The first kappa shape index (κ1) is 14.0. The largest absolute Gasteiger partial charge is 0.388 e. The van der Waals surface area contributed by atoms with E-state index in [-0.39, 0.29) is 12.3 Å². The number of aliphatic hydroxyl groups is 2. The van der Waals surface area contributed by atoms with E-state index in [0.717, 1.165) is 16.5 Å². The third-order valence-corrected chi connectivity index (χ3v) is 4.56. The number of aliphatic hydroxyl groups excluding tert-OH is 2. The van der Waals surface area contributed by atoms with Crippen LogP contribution in [-0.4, -0.2) is 55.5 Å². The van der Waals surface area contributed by atoms with Crippen LogP contribution in [0.4, 0.5) is 0 Å². The van der Waals surface area contributed by atoms with Gasteiger partial charge in [0, 0.05) is 18.0 Å². The summed E-state index contributed by atoms with van der Waals surface area (Å²) in [6.45, 7) is 0. The van der Waals surface area contributed by atoms with Gasteiger partial charge in [0.15, 0.2) is 0 Å². The van der Waals surface area contributed by atoms with Gasteiger partial charge < -0.3 is 15.2 Å². The molecule has 22 heavy (non-hydrogen) atoms. The quantitative estimate of drug-likeness (QED) is 0.695. The van der Waals surface area contributed by atoms with Gasteiger partial charge in [0.25, 0.3) is 5.91 Å². The lowest BCUT2D eigenvalue weighted by Gasteiger charge is -2.32. The predicted molar refractivity (Wildman–Crippen MR) is 76.9 cm³/mol. The van der Waals surface area contributed by atoms with Crippen molar-refractivity contribution in [2.45, 2.75) is 37.2 Å². The fraction of sp³-hybridized carbons (Fsp3) is 0.429. The average Bonchev–Trinajstić information content (AvgIpc) is 3.16. The number of hydrogen-bond donors (Lipinski definition) is 3. The van der Waals surface area contributed by atoms with Gasteiger partial charge in [-0.3, -0.25) is 9.63 Å². The minimum absolute atomic E-state index is 0.117. The summed E-state index contributed by atoms with van der Waals surface area (Å²) < 4.78 is 0. The normalized spacial score (nSPS) is 30.4. The monoisotopic (exact) mass is 323 g/mol. The number of fused-ring (bicyclic) bond motifs is 3. The number of aromatic nitrogens is 2. The molecular weight excluding hydrogens is 310 g/mol. The second kappa shape index (κ2) is 4.92. The van der Waals surface area contributed by atoms with Crippen molar-refractivity contribution >= 4 is 28.4 Å². The van der Waals surface area contributed by atoms with Crippen LogP contribution in [0.1, 0.15) is 12.0 Å². The number of pyridine rings is 1. The number of aromatic amines is 1. The van der Waals surface area contributed by atoms with Gasteiger partial charge in [-0.25, -0.2) is 10.0 Å². The molecule has 1 amide bonds. The Morgan fingerprint density at radius 2 is 2.32 bits per heavy atom. The lowest BCUT2D eigenvalue weighted by molar-refractivity contribution is -0.239. The Labute approximate surface area is 130 Å². The van der Waals surface area contributed by atoms with Gasteiger partial charge in [-0.1, -0.05) is 11.6 Å². The van der Waals surface area contributed by atoms with Crippen molar-refractivity contribution in [3.63, 3.8) is 0 Å². The second-order valence-electron chi connectivity index (χ2n) is 5.69. The van der Waals surface area contributed by atoms with Crippen molar-refractivity contribution in [1.82, 2.24) is 15.0 Å². The fourth-order valence-corrected chi connectivity index (χ4v) is 3.37. The maximum atomic E-state index is 12.4. The van der Waals surface area contributed by atoms with Crippen LogP contribution in [0.3, 0.4) is 0 Å². The SMILES string of the molecule is O=C(Cc1c[nH]c2cnc(Cl)cc12)N1O[C@@H]2C[C@H]1[C@@H](O)[C@H]2O. The zero-order valence-corrected chi connectivity index (χ0v) is 12.2. The van der Waals surface area contributed by atoms with E-state index in [2.05, 4.69) is 9.97 Å².